The van der Waals surface area contributed by atoms with E-state index in [0.717, 1.165) is 41.3 Å². The van der Waals surface area contributed by atoms with Crippen LogP contribution in [0, 0.1) is 0 Å². The number of hydrogen-bond acceptors (Lipinski definition) is 6. The quantitative estimate of drug-likeness (QED) is 0.758. The number of nitrogen functional groups attached to an aromatic ring is 1. The molecule has 0 atom stereocenters. The van der Waals surface area contributed by atoms with Gasteiger partial charge in [-0.25, -0.2) is 9.97 Å². The van der Waals surface area contributed by atoms with Crippen molar-refractivity contribution in [1.29, 1.82) is 0 Å². The first-order valence-electron chi connectivity index (χ1n) is 5.70. The van der Waals surface area contributed by atoms with Crippen molar-refractivity contribution in [3.63, 3.8) is 0 Å². The third kappa shape index (κ3) is 2.86. The first kappa shape index (κ1) is 12.6. The first-order valence-corrected chi connectivity index (χ1v) is 6.58. The molecule has 0 aliphatic heterocycles. The number of thiazole rings is 1. The molecule has 0 aromatic carbocycles. The average molecular weight is 265 g/mol. The lowest BCUT2D eigenvalue weighted by Crippen LogP contribution is -2.09. The Morgan fingerprint density at radius 3 is 3.00 bits per heavy atom. The van der Waals surface area contributed by atoms with Gasteiger partial charge >= 0.3 is 4.87 Å². The molecule has 0 aliphatic carbocycles. The van der Waals surface area contributed by atoms with Gasteiger partial charge in [0.05, 0.1) is 6.54 Å². The van der Waals surface area contributed by atoms with Gasteiger partial charge in [0.1, 0.15) is 18.0 Å². The molecular weight excluding hydrogens is 250 g/mol. The minimum absolute atomic E-state index is 0.0530. The van der Waals surface area contributed by atoms with Gasteiger partial charge in [0.25, 0.3) is 0 Å². The lowest BCUT2D eigenvalue weighted by Gasteiger charge is -2.10. The molecule has 2 aromatic rings. The van der Waals surface area contributed by atoms with Crippen LogP contribution in [0.4, 0.5) is 11.6 Å². The lowest BCUT2D eigenvalue weighted by molar-refractivity contribution is 0.899. The maximum Gasteiger partial charge on any atom is 0.304 e. The van der Waals surface area contributed by atoms with Gasteiger partial charge in [-0.15, -0.1) is 0 Å². The van der Waals surface area contributed by atoms with Crippen LogP contribution in [-0.2, 0) is 13.0 Å². The molecule has 0 saturated carbocycles. The molecule has 0 saturated heterocycles. The number of nitrogens with two attached hydrogens (primary N) is 1. The fraction of sp³-hybridized carbons (Fsp3) is 0.364. The van der Waals surface area contributed by atoms with Crippen molar-refractivity contribution in [2.45, 2.75) is 26.3 Å². The van der Waals surface area contributed by atoms with Crippen molar-refractivity contribution in [3.05, 3.63) is 32.6 Å². The van der Waals surface area contributed by atoms with Crippen LogP contribution in [0.1, 0.15) is 24.6 Å². The molecule has 96 valence electrons. The van der Waals surface area contributed by atoms with Gasteiger partial charge in [0.15, 0.2) is 0 Å². The van der Waals surface area contributed by atoms with Crippen LogP contribution >= 0.6 is 11.3 Å². The van der Waals surface area contributed by atoms with Crippen LogP contribution in [0.2, 0.25) is 0 Å². The number of nitrogens with one attached hydrogen (secondary N) is 2. The summed E-state index contributed by atoms with van der Waals surface area (Å²) in [6.45, 7) is 2.60. The van der Waals surface area contributed by atoms with Gasteiger partial charge < -0.3 is 16.0 Å². The summed E-state index contributed by atoms with van der Waals surface area (Å²) < 4.78 is 0. The van der Waals surface area contributed by atoms with E-state index in [0.29, 0.717) is 12.4 Å². The molecule has 0 unspecified atom stereocenters. The third-order valence-electron chi connectivity index (χ3n) is 2.50. The average Bonchev–Trinajstić information content (AvgIpc) is 2.76. The van der Waals surface area contributed by atoms with E-state index in [2.05, 4.69) is 27.2 Å². The van der Waals surface area contributed by atoms with E-state index >= 15 is 0 Å². The molecular formula is C11H15N5OS. The monoisotopic (exact) mass is 265 g/mol. The van der Waals surface area contributed by atoms with Crippen molar-refractivity contribution in [3.8, 4) is 0 Å². The summed E-state index contributed by atoms with van der Waals surface area (Å²) in [4.78, 5) is 21.9. The minimum Gasteiger partial charge on any atom is -0.383 e. The van der Waals surface area contributed by atoms with Crippen molar-refractivity contribution in [2.24, 2.45) is 0 Å². The molecule has 0 radical (unpaired) electrons. The normalized spacial score (nSPS) is 10.5. The van der Waals surface area contributed by atoms with Gasteiger partial charge in [0.2, 0.25) is 0 Å². The molecule has 0 spiro atoms. The maximum atomic E-state index is 11.0. The van der Waals surface area contributed by atoms with Crippen molar-refractivity contribution in [2.75, 3.05) is 11.1 Å². The predicted molar refractivity (Wildman–Crippen MR) is 72.7 cm³/mol. The van der Waals surface area contributed by atoms with Gasteiger partial charge in [-0.3, -0.25) is 4.79 Å². The van der Waals surface area contributed by atoms with E-state index in [-0.39, 0.29) is 4.87 Å². The van der Waals surface area contributed by atoms with Crippen LogP contribution < -0.4 is 15.9 Å². The van der Waals surface area contributed by atoms with Crippen LogP contribution in [-0.4, -0.2) is 15.0 Å². The number of H-pyrrole nitrogens is 1. The van der Waals surface area contributed by atoms with Gasteiger partial charge in [-0.2, -0.15) is 0 Å². The predicted octanol–water partition coefficient (Wildman–Crippen LogP) is 1.37. The lowest BCUT2D eigenvalue weighted by atomic mass is 10.1. The highest BCUT2D eigenvalue weighted by atomic mass is 32.1. The summed E-state index contributed by atoms with van der Waals surface area (Å²) in [7, 11) is 0. The topological polar surface area (TPSA) is 96.7 Å². The molecule has 2 aromatic heterocycles. The van der Waals surface area contributed by atoms with Crippen molar-refractivity contribution in [1.82, 2.24) is 15.0 Å². The molecule has 7 heteroatoms. The smallest absolute Gasteiger partial charge is 0.304 e. The zero-order valence-electron chi connectivity index (χ0n) is 10.1. The summed E-state index contributed by atoms with van der Waals surface area (Å²) >= 11 is 1.15. The fourth-order valence-corrected chi connectivity index (χ4v) is 2.24. The molecule has 0 fully saturated rings. The summed E-state index contributed by atoms with van der Waals surface area (Å²) in [5.74, 6) is 1.24. The molecule has 0 amide bonds. The SMILES string of the molecule is CCCc1c(N)ncnc1NCc1csc(=O)[nH]1. The summed E-state index contributed by atoms with van der Waals surface area (Å²) in [6, 6.07) is 0. The van der Waals surface area contributed by atoms with Crippen molar-refractivity contribution < 1.29 is 0 Å². The number of rotatable bonds is 5. The molecule has 0 aliphatic rings. The highest BCUT2D eigenvalue weighted by Gasteiger charge is 2.08. The van der Waals surface area contributed by atoms with E-state index in [1.807, 2.05) is 0 Å². The fourth-order valence-electron chi connectivity index (χ4n) is 1.65. The molecule has 0 bridgehead atoms. The standard InChI is InChI=1S/C11H15N5OS/c1-2-3-8-9(12)14-6-15-10(8)13-4-7-5-18-11(17)16-7/h5-6H,2-4H2,1H3,(H,16,17)(H3,12,13,14,15). The number of aromatic amines is 1. The molecule has 18 heavy (non-hydrogen) atoms. The zero-order chi connectivity index (χ0) is 13.0. The zero-order valence-corrected chi connectivity index (χ0v) is 10.9. The number of anilines is 2. The number of aromatic nitrogens is 3. The Labute approximate surface area is 108 Å². The Bertz CT molecular complexity index is 577. The highest BCUT2D eigenvalue weighted by Crippen LogP contribution is 2.19. The van der Waals surface area contributed by atoms with Gasteiger partial charge in [-0.05, 0) is 6.42 Å². The van der Waals surface area contributed by atoms with E-state index in [9.17, 15) is 4.79 Å². The number of nitrogens with zero attached hydrogens (tertiary/aromatic N) is 2. The molecule has 6 nitrogen and oxygen atoms in total. The first-order chi connectivity index (χ1) is 8.70. The second kappa shape index (κ2) is 5.63. The second-order valence-electron chi connectivity index (χ2n) is 3.86. The van der Waals surface area contributed by atoms with Crippen molar-refractivity contribution >= 4 is 23.0 Å². The Hall–Kier alpha value is -1.89. The van der Waals surface area contributed by atoms with Crippen LogP contribution in [0.5, 0.6) is 0 Å². The third-order valence-corrected chi connectivity index (χ3v) is 3.21. The van der Waals surface area contributed by atoms with E-state index in [1.54, 1.807) is 5.38 Å². The Morgan fingerprint density at radius 2 is 2.33 bits per heavy atom. The highest BCUT2D eigenvalue weighted by molar-refractivity contribution is 7.07. The Morgan fingerprint density at radius 1 is 1.50 bits per heavy atom. The summed E-state index contributed by atoms with van der Waals surface area (Å²) in [5, 5.41) is 4.96. The molecule has 2 rings (SSSR count). The molecule has 4 N–H and O–H groups in total. The van der Waals surface area contributed by atoms with Crippen LogP contribution in [0.3, 0.4) is 0 Å². The largest absolute Gasteiger partial charge is 0.383 e. The minimum atomic E-state index is -0.0530. The number of hydrogen-bond donors (Lipinski definition) is 3. The summed E-state index contributed by atoms with van der Waals surface area (Å²) in [5.41, 5.74) is 7.60. The van der Waals surface area contributed by atoms with E-state index < -0.39 is 0 Å². The van der Waals surface area contributed by atoms with Gasteiger partial charge in [-0.1, -0.05) is 24.7 Å². The van der Waals surface area contributed by atoms with Crippen LogP contribution in [0.25, 0.3) is 0 Å². The van der Waals surface area contributed by atoms with Crippen LogP contribution in [0.15, 0.2) is 16.5 Å². The van der Waals surface area contributed by atoms with Gasteiger partial charge in [0, 0.05) is 16.6 Å². The van der Waals surface area contributed by atoms with E-state index in [1.165, 1.54) is 6.33 Å². The molecule has 2 heterocycles. The maximum absolute atomic E-state index is 11.0. The summed E-state index contributed by atoms with van der Waals surface area (Å²) in [6.07, 6.45) is 3.24. The Balaban J connectivity index is 2.13. The van der Waals surface area contributed by atoms with E-state index in [4.69, 9.17) is 5.73 Å². The second-order valence-corrected chi connectivity index (χ2v) is 4.71. The Kier molecular flexibility index (Phi) is 3.93.